The van der Waals surface area contributed by atoms with Crippen molar-refractivity contribution >= 4 is 5.78 Å². The van der Waals surface area contributed by atoms with E-state index in [0.717, 1.165) is 19.3 Å². The number of carbonyl (C=O) groups is 1. The number of aliphatic hydroxyl groups excluding tert-OH is 1. The zero-order chi connectivity index (χ0) is 17.5. The predicted octanol–water partition coefficient (Wildman–Crippen LogP) is 4.45. The third-order valence-corrected chi connectivity index (χ3v) is 5.22. The number of carbonyl (C=O) groups excluding carboxylic acids is 1. The van der Waals surface area contributed by atoms with Crippen LogP contribution in [-0.2, 0) is 30.5 Å². The highest BCUT2D eigenvalue weighted by Crippen LogP contribution is 2.15. The zero-order valence-electron chi connectivity index (χ0n) is 14.9. The van der Waals surface area contributed by atoms with Gasteiger partial charge < -0.3 is 5.11 Å². The van der Waals surface area contributed by atoms with Crippen LogP contribution in [0, 0.1) is 0 Å². The van der Waals surface area contributed by atoms with Gasteiger partial charge in [-0.15, -0.1) is 0 Å². The van der Waals surface area contributed by atoms with Crippen molar-refractivity contribution in [2.45, 2.75) is 63.9 Å². The fourth-order valence-corrected chi connectivity index (χ4v) is 3.48. The van der Waals surface area contributed by atoms with E-state index < -0.39 is 6.10 Å². The maximum atomic E-state index is 12.2. The van der Waals surface area contributed by atoms with Crippen LogP contribution in [0.4, 0.5) is 0 Å². The number of Topliss-reactive ketones (excluding diaryl/α,β-unsaturated/α-hetero) is 1. The second-order valence-corrected chi connectivity index (χ2v) is 7.21. The minimum absolute atomic E-state index is 0.0430. The Morgan fingerprint density at radius 3 is 1.56 bits per heavy atom. The Morgan fingerprint density at radius 1 is 0.600 bits per heavy atom. The molecule has 1 atom stereocenters. The molecule has 0 radical (unpaired) electrons. The lowest BCUT2D eigenvalue weighted by atomic mass is 9.99. The van der Waals surface area contributed by atoms with Gasteiger partial charge in [-0.25, -0.2) is 0 Å². The molecule has 0 unspecified atom stereocenters. The van der Waals surface area contributed by atoms with E-state index in [1.807, 2.05) is 0 Å². The fourth-order valence-electron chi connectivity index (χ4n) is 3.48. The average Bonchev–Trinajstić information content (AvgIpc) is 2.65. The molecule has 0 heterocycles. The molecular formula is C23H28O2. The van der Waals surface area contributed by atoms with Gasteiger partial charge in [0.2, 0.25) is 0 Å². The second-order valence-electron chi connectivity index (χ2n) is 7.21. The van der Waals surface area contributed by atoms with Crippen LogP contribution in [0.15, 0.2) is 48.5 Å². The van der Waals surface area contributed by atoms with Crippen LogP contribution in [0.25, 0.3) is 0 Å². The first-order chi connectivity index (χ1) is 12.2. The number of benzene rings is 2. The second kappa shape index (κ2) is 8.96. The molecule has 2 heteroatoms. The maximum Gasteiger partial charge on any atom is 0.161 e. The predicted molar refractivity (Wildman–Crippen MR) is 102 cm³/mol. The Morgan fingerprint density at radius 2 is 1.04 bits per heavy atom. The number of aryl methyl sites for hydroxylation is 4. The molecule has 2 aromatic rings. The summed E-state index contributed by atoms with van der Waals surface area (Å²) in [6.45, 7) is 0. The van der Waals surface area contributed by atoms with E-state index in [-0.39, 0.29) is 5.78 Å². The van der Waals surface area contributed by atoms with Crippen LogP contribution in [-0.4, -0.2) is 17.0 Å². The molecule has 2 aromatic carbocycles. The Hall–Kier alpha value is -1.93. The van der Waals surface area contributed by atoms with Crippen LogP contribution >= 0.6 is 0 Å². The van der Waals surface area contributed by atoms with Crippen LogP contribution in [0.3, 0.4) is 0 Å². The van der Waals surface area contributed by atoms with E-state index in [2.05, 4.69) is 48.5 Å². The summed E-state index contributed by atoms with van der Waals surface area (Å²) in [6, 6.07) is 17.3. The van der Waals surface area contributed by atoms with Gasteiger partial charge in [-0.05, 0) is 67.2 Å². The summed E-state index contributed by atoms with van der Waals surface area (Å²) in [5.74, 6) is -0.0430. The summed E-state index contributed by atoms with van der Waals surface area (Å²) in [4.78, 5) is 12.2. The molecule has 0 aliphatic heterocycles. The molecule has 4 aliphatic carbocycles. The Kier molecular flexibility index (Phi) is 6.41. The molecule has 0 saturated carbocycles. The molecule has 0 saturated heterocycles. The number of ketones is 1. The number of rotatable bonds is 0. The Balaban J connectivity index is 1.68. The first-order valence-electron chi connectivity index (χ1n) is 9.57. The first kappa shape index (κ1) is 17.9. The van der Waals surface area contributed by atoms with Crippen molar-refractivity contribution in [1.82, 2.24) is 0 Å². The molecule has 0 spiro atoms. The van der Waals surface area contributed by atoms with Crippen molar-refractivity contribution in [1.29, 1.82) is 0 Å². The molecule has 4 bridgehead atoms. The molecule has 0 aromatic heterocycles. The third kappa shape index (κ3) is 5.54. The third-order valence-electron chi connectivity index (χ3n) is 5.22. The summed E-state index contributed by atoms with van der Waals surface area (Å²) < 4.78 is 0. The van der Waals surface area contributed by atoms with Gasteiger partial charge in [-0.3, -0.25) is 4.79 Å². The largest absolute Gasteiger partial charge is 0.385 e. The van der Waals surface area contributed by atoms with E-state index >= 15 is 0 Å². The van der Waals surface area contributed by atoms with Gasteiger partial charge in [0, 0.05) is 6.42 Å². The van der Waals surface area contributed by atoms with Gasteiger partial charge >= 0.3 is 0 Å². The summed E-state index contributed by atoms with van der Waals surface area (Å²) in [5, 5.41) is 10.1. The van der Waals surface area contributed by atoms with E-state index in [1.165, 1.54) is 41.5 Å². The maximum absolute atomic E-state index is 12.2. The number of aliphatic hydroxyl groups is 1. The minimum Gasteiger partial charge on any atom is -0.385 e. The standard InChI is InChI=1S/C23H28O2/c24-22-16-14-20-10-6-18(7-11-20)4-2-1-3-5-19-8-12-21(13-9-19)15-17-23(22)25/h6-13,22,24H,1-5,14-17H2/t22-/m1/s1. The van der Waals surface area contributed by atoms with Crippen LogP contribution < -0.4 is 0 Å². The zero-order valence-corrected chi connectivity index (χ0v) is 14.9. The Bertz CT molecular complexity index is 670. The normalized spacial score (nSPS) is 20.0. The molecule has 0 amide bonds. The van der Waals surface area contributed by atoms with Crippen LogP contribution in [0.1, 0.15) is 54.4 Å². The van der Waals surface area contributed by atoms with Gasteiger partial charge in [0.25, 0.3) is 0 Å². The van der Waals surface area contributed by atoms with Gasteiger partial charge in [-0.1, -0.05) is 55.0 Å². The first-order valence-corrected chi connectivity index (χ1v) is 9.57. The summed E-state index contributed by atoms with van der Waals surface area (Å²) in [5.41, 5.74) is 5.13. The molecule has 2 nitrogen and oxygen atoms in total. The monoisotopic (exact) mass is 336 g/mol. The summed E-state index contributed by atoms with van der Waals surface area (Å²) in [6.07, 6.45) is 7.50. The van der Waals surface area contributed by atoms with Gasteiger partial charge in [0.1, 0.15) is 6.10 Å². The highest BCUT2D eigenvalue weighted by Gasteiger charge is 2.15. The lowest BCUT2D eigenvalue weighted by molar-refractivity contribution is -0.127. The summed E-state index contributed by atoms with van der Waals surface area (Å²) in [7, 11) is 0. The van der Waals surface area contributed by atoms with Gasteiger partial charge in [0.15, 0.2) is 5.78 Å². The van der Waals surface area contributed by atoms with Crippen molar-refractivity contribution in [2.24, 2.45) is 0 Å². The highest BCUT2D eigenvalue weighted by molar-refractivity contribution is 5.83. The topological polar surface area (TPSA) is 37.3 Å². The molecule has 25 heavy (non-hydrogen) atoms. The lowest BCUT2D eigenvalue weighted by Gasteiger charge is -2.10. The molecule has 6 rings (SSSR count). The Labute approximate surface area is 150 Å². The van der Waals surface area contributed by atoms with Gasteiger partial charge in [0.05, 0.1) is 0 Å². The van der Waals surface area contributed by atoms with Crippen molar-refractivity contribution in [3.8, 4) is 0 Å². The SMILES string of the molecule is O=C1CCc2ccc(cc2)CCCCCc2ccc(cc2)CC[C@H]1O. The number of hydrogen-bond acceptors (Lipinski definition) is 2. The molecule has 0 fully saturated rings. The quantitative estimate of drug-likeness (QED) is 0.772. The van der Waals surface area contributed by atoms with Crippen molar-refractivity contribution in [3.05, 3.63) is 70.8 Å². The van der Waals surface area contributed by atoms with Crippen molar-refractivity contribution in [2.75, 3.05) is 0 Å². The van der Waals surface area contributed by atoms with Crippen LogP contribution in [0.2, 0.25) is 0 Å². The lowest BCUT2D eigenvalue weighted by Crippen LogP contribution is -2.21. The highest BCUT2D eigenvalue weighted by atomic mass is 16.3. The molecule has 1 N–H and O–H groups in total. The molecule has 4 aliphatic rings. The van der Waals surface area contributed by atoms with Gasteiger partial charge in [-0.2, -0.15) is 0 Å². The minimum atomic E-state index is -0.846. The average molecular weight is 336 g/mol. The fraction of sp³-hybridized carbons (Fsp3) is 0.435. The molecule has 132 valence electrons. The van der Waals surface area contributed by atoms with E-state index in [0.29, 0.717) is 19.3 Å². The molecular weight excluding hydrogens is 308 g/mol. The van der Waals surface area contributed by atoms with E-state index in [1.54, 1.807) is 0 Å². The summed E-state index contributed by atoms with van der Waals surface area (Å²) >= 11 is 0. The van der Waals surface area contributed by atoms with E-state index in [9.17, 15) is 9.90 Å². The van der Waals surface area contributed by atoms with E-state index in [4.69, 9.17) is 0 Å². The number of hydrogen-bond donors (Lipinski definition) is 1. The smallest absolute Gasteiger partial charge is 0.161 e. The van der Waals surface area contributed by atoms with Crippen molar-refractivity contribution < 1.29 is 9.90 Å². The van der Waals surface area contributed by atoms with Crippen molar-refractivity contribution in [3.63, 3.8) is 0 Å². The van der Waals surface area contributed by atoms with Crippen LogP contribution in [0.5, 0.6) is 0 Å².